The molecule has 0 saturated heterocycles. The maximum atomic E-state index is 12.5. The first kappa shape index (κ1) is 19.8. The van der Waals surface area contributed by atoms with E-state index < -0.39 is 30.0 Å². The molecule has 2 rings (SSSR count). The van der Waals surface area contributed by atoms with Crippen LogP contribution in [0.1, 0.15) is 38.7 Å². The minimum absolute atomic E-state index is 0.116. The van der Waals surface area contributed by atoms with Gasteiger partial charge in [0.25, 0.3) is 0 Å². The highest BCUT2D eigenvalue weighted by Gasteiger charge is 2.32. The van der Waals surface area contributed by atoms with E-state index in [1.54, 1.807) is 0 Å². The highest BCUT2D eigenvalue weighted by atomic mass is 16.5. The summed E-state index contributed by atoms with van der Waals surface area (Å²) in [6.45, 7) is 3.73. The molecule has 3 amide bonds. The summed E-state index contributed by atoms with van der Waals surface area (Å²) < 4.78 is 5.16. The lowest BCUT2D eigenvalue weighted by Crippen LogP contribution is -2.54. The molecule has 0 heterocycles. The van der Waals surface area contributed by atoms with Crippen molar-refractivity contribution in [3.05, 3.63) is 35.9 Å². The van der Waals surface area contributed by atoms with Gasteiger partial charge >= 0.3 is 6.09 Å². The number of alkyl carbamates (subject to hydrolysis) is 1. The van der Waals surface area contributed by atoms with Crippen molar-refractivity contribution in [2.75, 3.05) is 0 Å². The Labute approximate surface area is 153 Å². The molecular weight excluding hydrogens is 334 g/mol. The standard InChI is InChI=1S/C19H27N3O4/c1-12(2)16(18(24)21-15(17(20)23)10-13-8-9-13)22-19(25)26-11-14-6-4-3-5-7-14/h3-7,12-13,15-16H,8-11H2,1-2H3,(H2,20,23)(H,21,24)(H,22,25)/t15-,16-/m1/s1. The van der Waals surface area contributed by atoms with Crippen LogP contribution in [0, 0.1) is 11.8 Å². The molecule has 0 spiro atoms. The van der Waals surface area contributed by atoms with Gasteiger partial charge in [0.1, 0.15) is 18.7 Å². The Morgan fingerprint density at radius 1 is 1.15 bits per heavy atom. The second-order valence-electron chi connectivity index (χ2n) is 7.07. The van der Waals surface area contributed by atoms with Gasteiger partial charge in [-0.3, -0.25) is 9.59 Å². The van der Waals surface area contributed by atoms with Crippen molar-refractivity contribution in [3.63, 3.8) is 0 Å². The van der Waals surface area contributed by atoms with Crippen molar-refractivity contribution < 1.29 is 19.1 Å². The molecule has 2 atom stereocenters. The molecule has 7 nitrogen and oxygen atoms in total. The summed E-state index contributed by atoms with van der Waals surface area (Å²) in [5, 5.41) is 5.24. The van der Waals surface area contributed by atoms with E-state index in [1.165, 1.54) is 0 Å². The molecule has 4 N–H and O–H groups in total. The van der Waals surface area contributed by atoms with Gasteiger partial charge in [0.05, 0.1) is 0 Å². The minimum atomic E-state index is -0.806. The van der Waals surface area contributed by atoms with Crippen molar-refractivity contribution >= 4 is 17.9 Å². The average molecular weight is 361 g/mol. The summed E-state index contributed by atoms with van der Waals surface area (Å²) >= 11 is 0. The van der Waals surface area contributed by atoms with Crippen LogP contribution in [0.2, 0.25) is 0 Å². The van der Waals surface area contributed by atoms with E-state index in [0.29, 0.717) is 12.3 Å². The van der Waals surface area contributed by atoms with Gasteiger partial charge in [-0.2, -0.15) is 0 Å². The lowest BCUT2D eigenvalue weighted by molar-refractivity contribution is -0.129. The molecule has 1 saturated carbocycles. The summed E-state index contributed by atoms with van der Waals surface area (Å²) in [6.07, 6.45) is 1.97. The second kappa shape index (κ2) is 9.22. The molecule has 0 unspecified atom stereocenters. The van der Waals surface area contributed by atoms with E-state index in [4.69, 9.17) is 10.5 Å². The molecule has 142 valence electrons. The molecular formula is C19H27N3O4. The molecule has 0 aliphatic heterocycles. The van der Waals surface area contributed by atoms with Gasteiger partial charge in [-0.25, -0.2) is 4.79 Å². The van der Waals surface area contributed by atoms with Gasteiger partial charge in [0, 0.05) is 0 Å². The quantitative estimate of drug-likeness (QED) is 0.622. The zero-order valence-corrected chi connectivity index (χ0v) is 15.2. The van der Waals surface area contributed by atoms with Crippen LogP contribution < -0.4 is 16.4 Å². The molecule has 1 aliphatic rings. The SMILES string of the molecule is CC(C)[C@@H](NC(=O)OCc1ccccc1)C(=O)N[C@H](CC1CC1)C(N)=O. The lowest BCUT2D eigenvalue weighted by atomic mass is 10.0. The zero-order valence-electron chi connectivity index (χ0n) is 15.2. The normalized spacial score (nSPS) is 15.8. The molecule has 1 aromatic rings. The van der Waals surface area contributed by atoms with Gasteiger partial charge in [0.15, 0.2) is 0 Å². The number of hydrogen-bond donors (Lipinski definition) is 3. The van der Waals surface area contributed by atoms with Crippen molar-refractivity contribution in [3.8, 4) is 0 Å². The number of hydrogen-bond acceptors (Lipinski definition) is 4. The topological polar surface area (TPSA) is 111 Å². The maximum absolute atomic E-state index is 12.5. The number of nitrogens with two attached hydrogens (primary N) is 1. The number of nitrogens with one attached hydrogen (secondary N) is 2. The van der Waals surface area contributed by atoms with Crippen LogP contribution in [-0.4, -0.2) is 30.0 Å². The summed E-state index contributed by atoms with van der Waals surface area (Å²) in [5.41, 5.74) is 6.24. The Hall–Kier alpha value is -2.57. The predicted octanol–water partition coefficient (Wildman–Crippen LogP) is 1.71. The van der Waals surface area contributed by atoms with Crippen LogP contribution in [0.15, 0.2) is 30.3 Å². The zero-order chi connectivity index (χ0) is 19.1. The van der Waals surface area contributed by atoms with Crippen molar-refractivity contribution in [2.45, 2.75) is 51.8 Å². The van der Waals surface area contributed by atoms with E-state index in [-0.39, 0.29) is 12.5 Å². The van der Waals surface area contributed by atoms with Crippen LogP contribution in [0.25, 0.3) is 0 Å². The first-order valence-electron chi connectivity index (χ1n) is 8.93. The number of amides is 3. The van der Waals surface area contributed by atoms with Gasteiger partial charge in [0.2, 0.25) is 11.8 Å². The number of primary amides is 1. The monoisotopic (exact) mass is 361 g/mol. The Balaban J connectivity index is 1.88. The molecule has 26 heavy (non-hydrogen) atoms. The Kier molecular flexibility index (Phi) is 7.00. The number of ether oxygens (including phenoxy) is 1. The van der Waals surface area contributed by atoms with Gasteiger partial charge in [-0.05, 0) is 23.8 Å². The molecule has 1 fully saturated rings. The largest absolute Gasteiger partial charge is 0.445 e. The fraction of sp³-hybridized carbons (Fsp3) is 0.526. The van der Waals surface area contributed by atoms with Crippen molar-refractivity contribution in [2.24, 2.45) is 17.6 Å². The Bertz CT molecular complexity index is 629. The fourth-order valence-corrected chi connectivity index (χ4v) is 2.62. The lowest BCUT2D eigenvalue weighted by Gasteiger charge is -2.24. The number of benzene rings is 1. The van der Waals surface area contributed by atoms with Crippen LogP contribution in [0.4, 0.5) is 4.79 Å². The summed E-state index contributed by atoms with van der Waals surface area (Å²) in [7, 11) is 0. The predicted molar refractivity (Wildman–Crippen MR) is 96.9 cm³/mol. The maximum Gasteiger partial charge on any atom is 0.408 e. The highest BCUT2D eigenvalue weighted by Crippen LogP contribution is 2.33. The summed E-state index contributed by atoms with van der Waals surface area (Å²) in [4.78, 5) is 36.1. The Morgan fingerprint density at radius 3 is 2.35 bits per heavy atom. The van der Waals surface area contributed by atoms with Gasteiger partial charge < -0.3 is 21.1 Å². The van der Waals surface area contributed by atoms with E-state index >= 15 is 0 Å². The first-order valence-corrected chi connectivity index (χ1v) is 8.93. The molecule has 1 aliphatic carbocycles. The van der Waals surface area contributed by atoms with Gasteiger partial charge in [-0.15, -0.1) is 0 Å². The van der Waals surface area contributed by atoms with E-state index in [1.807, 2.05) is 44.2 Å². The molecule has 1 aromatic carbocycles. The smallest absolute Gasteiger partial charge is 0.408 e. The molecule has 0 aromatic heterocycles. The van der Waals surface area contributed by atoms with E-state index in [9.17, 15) is 14.4 Å². The van der Waals surface area contributed by atoms with Crippen molar-refractivity contribution in [1.82, 2.24) is 10.6 Å². The highest BCUT2D eigenvalue weighted by molar-refractivity contribution is 5.90. The number of carbonyl (C=O) groups excluding carboxylic acids is 3. The Morgan fingerprint density at radius 2 is 1.81 bits per heavy atom. The van der Waals surface area contributed by atoms with Gasteiger partial charge in [-0.1, -0.05) is 57.0 Å². The number of rotatable bonds is 9. The first-order chi connectivity index (χ1) is 12.4. The minimum Gasteiger partial charge on any atom is -0.445 e. The van der Waals surface area contributed by atoms with E-state index in [0.717, 1.165) is 18.4 Å². The third-order valence-electron chi connectivity index (χ3n) is 4.36. The van der Waals surface area contributed by atoms with Crippen molar-refractivity contribution in [1.29, 1.82) is 0 Å². The molecule has 7 heteroatoms. The van der Waals surface area contributed by atoms with Crippen LogP contribution >= 0.6 is 0 Å². The fourth-order valence-electron chi connectivity index (χ4n) is 2.62. The summed E-state index contributed by atoms with van der Waals surface area (Å²) in [6, 6.07) is 7.75. The summed E-state index contributed by atoms with van der Waals surface area (Å²) in [5.74, 6) is -0.719. The van der Waals surface area contributed by atoms with Crippen LogP contribution in [-0.2, 0) is 20.9 Å². The molecule has 0 radical (unpaired) electrons. The van der Waals surface area contributed by atoms with E-state index in [2.05, 4.69) is 10.6 Å². The third-order valence-corrected chi connectivity index (χ3v) is 4.36. The molecule has 0 bridgehead atoms. The van der Waals surface area contributed by atoms with Crippen LogP contribution in [0.5, 0.6) is 0 Å². The number of carbonyl (C=O) groups is 3. The van der Waals surface area contributed by atoms with Crippen LogP contribution in [0.3, 0.4) is 0 Å². The average Bonchev–Trinajstić information content (AvgIpc) is 3.41. The second-order valence-corrected chi connectivity index (χ2v) is 7.07. The third kappa shape index (κ3) is 6.38.